The second kappa shape index (κ2) is 5.20. The van der Waals surface area contributed by atoms with Gasteiger partial charge in [0.1, 0.15) is 0 Å². The van der Waals surface area contributed by atoms with E-state index in [0.717, 1.165) is 49.2 Å². The molecule has 1 aromatic rings. The summed E-state index contributed by atoms with van der Waals surface area (Å²) in [6.07, 6.45) is -0.431. The van der Waals surface area contributed by atoms with E-state index in [1.807, 2.05) is 4.90 Å². The zero-order chi connectivity index (χ0) is 15.0. The minimum absolute atomic E-state index is 0.179. The van der Waals surface area contributed by atoms with Crippen LogP contribution in [-0.4, -0.2) is 17.4 Å². The number of carbonyl (C=O) groups is 1. The zero-order valence-corrected chi connectivity index (χ0v) is 11.5. The molecule has 2 heterocycles. The Labute approximate surface area is 121 Å². The molecule has 5 heteroatoms. The van der Waals surface area contributed by atoms with Crippen LogP contribution in [0.4, 0.5) is 13.2 Å². The van der Waals surface area contributed by atoms with Gasteiger partial charge in [0.15, 0.2) is 0 Å². The summed E-state index contributed by atoms with van der Waals surface area (Å²) >= 11 is 0. The lowest BCUT2D eigenvalue weighted by molar-refractivity contribution is -0.137. The number of carbonyl (C=O) groups excluding carboxylic acids is 1. The number of alkyl halides is 3. The van der Waals surface area contributed by atoms with Gasteiger partial charge in [0.25, 0.3) is 0 Å². The fourth-order valence-corrected chi connectivity index (χ4v) is 3.09. The molecule has 0 spiro atoms. The van der Waals surface area contributed by atoms with Gasteiger partial charge in [-0.1, -0.05) is 12.1 Å². The van der Waals surface area contributed by atoms with Crippen molar-refractivity contribution < 1.29 is 18.0 Å². The number of fused-ring (bicyclic) bond motifs is 1. The molecular weight excluding hydrogens is 279 g/mol. The highest BCUT2D eigenvalue weighted by Gasteiger charge is 2.31. The Morgan fingerprint density at radius 3 is 2.43 bits per heavy atom. The van der Waals surface area contributed by atoms with Crippen molar-refractivity contribution in [2.24, 2.45) is 0 Å². The van der Waals surface area contributed by atoms with Crippen molar-refractivity contribution in [2.75, 3.05) is 6.54 Å². The maximum atomic E-state index is 12.5. The molecule has 0 unspecified atom stereocenters. The summed E-state index contributed by atoms with van der Waals surface area (Å²) in [6, 6.07) is 5.31. The maximum Gasteiger partial charge on any atom is 0.416 e. The first kappa shape index (κ1) is 14.2. The number of hydrogen-bond donors (Lipinski definition) is 0. The number of nitrogens with zero attached hydrogens (tertiary/aromatic N) is 1. The van der Waals surface area contributed by atoms with Gasteiger partial charge in [0.05, 0.1) is 5.56 Å². The highest BCUT2D eigenvalue weighted by atomic mass is 19.4. The summed E-state index contributed by atoms with van der Waals surface area (Å²) < 4.78 is 37.6. The van der Waals surface area contributed by atoms with Crippen LogP contribution in [0.25, 0.3) is 0 Å². The Hall–Kier alpha value is -1.78. The molecule has 1 amide bonds. The van der Waals surface area contributed by atoms with Crippen LogP contribution < -0.4 is 0 Å². The van der Waals surface area contributed by atoms with Crippen molar-refractivity contribution in [3.8, 4) is 0 Å². The largest absolute Gasteiger partial charge is 0.416 e. The quantitative estimate of drug-likeness (QED) is 0.810. The monoisotopic (exact) mass is 295 g/mol. The van der Waals surface area contributed by atoms with Gasteiger partial charge in [-0.05, 0) is 49.0 Å². The van der Waals surface area contributed by atoms with Crippen molar-refractivity contribution in [1.82, 2.24) is 4.90 Å². The molecule has 2 aliphatic heterocycles. The summed E-state index contributed by atoms with van der Waals surface area (Å²) in [6.45, 7) is 0.726. The van der Waals surface area contributed by atoms with Crippen molar-refractivity contribution in [1.29, 1.82) is 0 Å². The van der Waals surface area contributed by atoms with E-state index in [4.69, 9.17) is 0 Å². The van der Waals surface area contributed by atoms with Gasteiger partial charge in [-0.2, -0.15) is 13.2 Å². The molecule has 2 aliphatic rings. The summed E-state index contributed by atoms with van der Waals surface area (Å²) in [7, 11) is 0. The molecule has 1 saturated heterocycles. The van der Waals surface area contributed by atoms with Crippen molar-refractivity contribution in [3.63, 3.8) is 0 Å². The van der Waals surface area contributed by atoms with E-state index in [1.165, 1.54) is 17.7 Å². The molecule has 0 N–H and O–H groups in total. The number of allylic oxidation sites excluding steroid dienone is 1. The van der Waals surface area contributed by atoms with E-state index < -0.39 is 11.7 Å². The van der Waals surface area contributed by atoms with Crippen LogP contribution in [0.3, 0.4) is 0 Å². The summed E-state index contributed by atoms with van der Waals surface area (Å²) in [4.78, 5) is 13.6. The minimum atomic E-state index is -4.29. The lowest BCUT2D eigenvalue weighted by Crippen LogP contribution is -2.31. The zero-order valence-electron chi connectivity index (χ0n) is 11.5. The van der Waals surface area contributed by atoms with Gasteiger partial charge in [0.2, 0.25) is 5.91 Å². The van der Waals surface area contributed by atoms with Crippen molar-refractivity contribution >= 4 is 5.91 Å². The average Bonchev–Trinajstić information content (AvgIpc) is 2.83. The molecule has 0 atom stereocenters. The van der Waals surface area contributed by atoms with E-state index in [-0.39, 0.29) is 5.91 Å². The van der Waals surface area contributed by atoms with Crippen LogP contribution in [0, 0.1) is 0 Å². The number of hydrogen-bond acceptors (Lipinski definition) is 1. The van der Waals surface area contributed by atoms with Crippen LogP contribution in [-0.2, 0) is 17.4 Å². The highest BCUT2D eigenvalue weighted by Crippen LogP contribution is 2.34. The van der Waals surface area contributed by atoms with Crippen LogP contribution in [0.2, 0.25) is 0 Å². The molecular formula is C16H16F3NO. The van der Waals surface area contributed by atoms with Crippen molar-refractivity contribution in [3.05, 3.63) is 46.7 Å². The minimum Gasteiger partial charge on any atom is -0.316 e. The number of piperidine rings is 1. The molecule has 1 fully saturated rings. The molecule has 3 rings (SSSR count). The van der Waals surface area contributed by atoms with E-state index >= 15 is 0 Å². The first-order valence-corrected chi connectivity index (χ1v) is 7.12. The van der Waals surface area contributed by atoms with Gasteiger partial charge < -0.3 is 4.90 Å². The van der Waals surface area contributed by atoms with Gasteiger partial charge in [-0.25, -0.2) is 0 Å². The SMILES string of the molecule is O=C1CCCC2=C(Cc3ccc(C(F)(F)F)cc3)CCN12. The first-order valence-electron chi connectivity index (χ1n) is 7.12. The van der Waals surface area contributed by atoms with E-state index in [0.29, 0.717) is 12.8 Å². The fourth-order valence-electron chi connectivity index (χ4n) is 3.09. The standard InChI is InChI=1S/C16H16F3NO/c17-16(18,19)13-6-4-11(5-7-13)10-12-8-9-20-14(12)2-1-3-15(20)21/h4-7H,1-3,8-10H2. The first-order chi connectivity index (χ1) is 9.95. The summed E-state index contributed by atoms with van der Waals surface area (Å²) in [5.74, 6) is 0.179. The van der Waals surface area contributed by atoms with E-state index in [9.17, 15) is 18.0 Å². The molecule has 0 aromatic heterocycles. The number of amides is 1. The number of halogens is 3. The van der Waals surface area contributed by atoms with Gasteiger partial charge in [-0.3, -0.25) is 4.79 Å². The lowest BCUT2D eigenvalue weighted by atomic mass is 9.98. The summed E-state index contributed by atoms with van der Waals surface area (Å²) in [5.41, 5.74) is 2.55. The third-order valence-corrected chi connectivity index (χ3v) is 4.18. The molecule has 0 radical (unpaired) electrons. The van der Waals surface area contributed by atoms with Gasteiger partial charge in [-0.15, -0.1) is 0 Å². The Morgan fingerprint density at radius 2 is 1.76 bits per heavy atom. The average molecular weight is 295 g/mol. The summed E-state index contributed by atoms with van der Waals surface area (Å²) in [5, 5.41) is 0. The predicted octanol–water partition coefficient (Wildman–Crippen LogP) is 3.92. The third kappa shape index (κ3) is 2.82. The molecule has 0 saturated carbocycles. The van der Waals surface area contributed by atoms with Crippen LogP contribution in [0.5, 0.6) is 0 Å². The fraction of sp³-hybridized carbons (Fsp3) is 0.438. The highest BCUT2D eigenvalue weighted by molar-refractivity contribution is 5.80. The molecule has 21 heavy (non-hydrogen) atoms. The second-order valence-electron chi connectivity index (χ2n) is 5.57. The van der Waals surface area contributed by atoms with E-state index in [1.54, 1.807) is 0 Å². The Kier molecular flexibility index (Phi) is 3.51. The Balaban J connectivity index is 1.78. The third-order valence-electron chi connectivity index (χ3n) is 4.18. The van der Waals surface area contributed by atoms with Crippen molar-refractivity contribution in [2.45, 2.75) is 38.3 Å². The van der Waals surface area contributed by atoms with Crippen LogP contribution in [0.1, 0.15) is 36.8 Å². The topological polar surface area (TPSA) is 20.3 Å². The molecule has 0 bridgehead atoms. The number of rotatable bonds is 2. The van der Waals surface area contributed by atoms with Crippen LogP contribution in [0.15, 0.2) is 35.5 Å². The predicted molar refractivity (Wildman–Crippen MR) is 72.4 cm³/mol. The number of benzene rings is 1. The lowest BCUT2D eigenvalue weighted by Gasteiger charge is -2.25. The second-order valence-corrected chi connectivity index (χ2v) is 5.57. The Bertz CT molecular complexity index is 587. The maximum absolute atomic E-state index is 12.5. The van der Waals surface area contributed by atoms with Gasteiger partial charge in [0, 0.05) is 18.7 Å². The molecule has 112 valence electrons. The normalized spacial score (nSPS) is 19.2. The Morgan fingerprint density at radius 1 is 1.05 bits per heavy atom. The molecule has 1 aromatic carbocycles. The molecule has 2 nitrogen and oxygen atoms in total. The smallest absolute Gasteiger partial charge is 0.316 e. The van der Waals surface area contributed by atoms with Gasteiger partial charge >= 0.3 is 6.18 Å². The molecule has 0 aliphatic carbocycles. The van der Waals surface area contributed by atoms with Crippen LogP contribution >= 0.6 is 0 Å². The van der Waals surface area contributed by atoms with E-state index in [2.05, 4.69) is 0 Å².